The molecule has 0 aliphatic carbocycles. The third kappa shape index (κ3) is 11.6. The zero-order chi connectivity index (χ0) is 3.41. The van der Waals surface area contributed by atoms with E-state index in [9.17, 15) is 0 Å². The number of hydrogen-bond acceptors (Lipinski definition) is 1. The van der Waals surface area contributed by atoms with Gasteiger partial charge in [0.25, 0.3) is 0 Å². The third-order valence-corrected chi connectivity index (χ3v) is 0.136. The SMILES string of the molecule is [CH-]=CCN.[Y]. The fourth-order valence-corrected chi connectivity index (χ4v) is 0. The third-order valence-electron chi connectivity index (χ3n) is 0.136. The molecule has 0 aliphatic rings. The van der Waals surface area contributed by atoms with Gasteiger partial charge >= 0.3 is 0 Å². The minimum atomic E-state index is 0. The van der Waals surface area contributed by atoms with E-state index >= 15 is 0 Å². The molecule has 5 heavy (non-hydrogen) atoms. The molecule has 0 aromatic rings. The maximum Gasteiger partial charge on any atom is 0 e. The van der Waals surface area contributed by atoms with Crippen molar-refractivity contribution < 1.29 is 32.7 Å². The Morgan fingerprint density at radius 3 is 2.00 bits per heavy atom. The summed E-state index contributed by atoms with van der Waals surface area (Å²) >= 11 is 0. The maximum atomic E-state index is 4.85. The van der Waals surface area contributed by atoms with Gasteiger partial charge in [0.1, 0.15) is 0 Å². The molecule has 27 valence electrons. The molecule has 1 radical (unpaired) electrons. The molecule has 0 fully saturated rings. The Kier molecular flexibility index (Phi) is 16.4. The molecule has 0 aliphatic heterocycles. The Morgan fingerprint density at radius 1 is 1.80 bits per heavy atom. The molecule has 0 rings (SSSR count). The first kappa shape index (κ1) is 9.26. The van der Waals surface area contributed by atoms with E-state index in [1.807, 2.05) is 0 Å². The van der Waals surface area contributed by atoms with Gasteiger partial charge in [0, 0.05) is 32.7 Å². The van der Waals surface area contributed by atoms with Crippen LogP contribution in [0.1, 0.15) is 0 Å². The van der Waals surface area contributed by atoms with Gasteiger partial charge in [0.15, 0.2) is 0 Å². The standard InChI is InChI=1S/C3H6N.Y/c1-2-3-4;/h1-2H,3-4H2;/q-1;. The molecule has 0 heterocycles. The van der Waals surface area contributed by atoms with Crippen LogP contribution in [0.25, 0.3) is 0 Å². The second-order valence-electron chi connectivity index (χ2n) is 0.471. The molecule has 2 heteroatoms. The van der Waals surface area contributed by atoms with Crippen LogP contribution < -0.4 is 5.73 Å². The summed E-state index contributed by atoms with van der Waals surface area (Å²) in [5.41, 5.74) is 4.85. The van der Waals surface area contributed by atoms with Crippen LogP contribution in [0, 0.1) is 6.58 Å². The van der Waals surface area contributed by atoms with E-state index in [-0.39, 0.29) is 32.7 Å². The predicted octanol–water partition coefficient (Wildman–Crippen LogP) is -0.0682. The van der Waals surface area contributed by atoms with Crippen LogP contribution in [0.15, 0.2) is 6.08 Å². The molecule has 0 aromatic heterocycles. The summed E-state index contributed by atoms with van der Waals surface area (Å²) in [4.78, 5) is 0. The van der Waals surface area contributed by atoms with Crippen LogP contribution in [0.3, 0.4) is 0 Å². The van der Waals surface area contributed by atoms with Crippen LogP contribution in [-0.2, 0) is 32.7 Å². The molecule has 0 aromatic carbocycles. The summed E-state index contributed by atoms with van der Waals surface area (Å²) in [6, 6.07) is 0. The Bertz CT molecular complexity index is 20.9. The normalized spacial score (nSPS) is 5.00. The fraction of sp³-hybridized carbons (Fsp3) is 0.333. The number of nitrogens with two attached hydrogens (primary N) is 1. The predicted molar refractivity (Wildman–Crippen MR) is 17.9 cm³/mol. The van der Waals surface area contributed by atoms with Gasteiger partial charge in [-0.3, -0.25) is 6.08 Å². The first-order valence-corrected chi connectivity index (χ1v) is 1.15. The van der Waals surface area contributed by atoms with Crippen LogP contribution in [0.2, 0.25) is 0 Å². The number of hydrogen-bond donors (Lipinski definition) is 1. The Labute approximate surface area is 57.5 Å². The van der Waals surface area contributed by atoms with Gasteiger partial charge in [0.05, 0.1) is 0 Å². The Balaban J connectivity index is 0. The van der Waals surface area contributed by atoms with Crippen molar-refractivity contribution in [3.63, 3.8) is 0 Å². The minimum absolute atomic E-state index is 0. The van der Waals surface area contributed by atoms with Crippen molar-refractivity contribution in [1.82, 2.24) is 0 Å². The van der Waals surface area contributed by atoms with Crippen molar-refractivity contribution >= 4 is 0 Å². The van der Waals surface area contributed by atoms with Gasteiger partial charge in [0.2, 0.25) is 0 Å². The first-order chi connectivity index (χ1) is 1.91. The summed E-state index contributed by atoms with van der Waals surface area (Å²) in [7, 11) is 0. The average molecular weight is 145 g/mol. The van der Waals surface area contributed by atoms with Gasteiger partial charge in [-0.15, -0.1) is 0 Å². The smallest absolute Gasteiger partial charge is 0 e. The van der Waals surface area contributed by atoms with Crippen molar-refractivity contribution in [3.8, 4) is 0 Å². The van der Waals surface area contributed by atoms with E-state index in [1.54, 1.807) is 0 Å². The van der Waals surface area contributed by atoms with Gasteiger partial charge in [-0.05, 0) is 6.54 Å². The average Bonchev–Trinajstić information content (AvgIpc) is 1.37. The van der Waals surface area contributed by atoms with Crippen LogP contribution in [-0.4, -0.2) is 6.54 Å². The molecule has 2 N–H and O–H groups in total. The monoisotopic (exact) mass is 145 g/mol. The second kappa shape index (κ2) is 8.84. The van der Waals surface area contributed by atoms with Gasteiger partial charge in [-0.1, -0.05) is 0 Å². The van der Waals surface area contributed by atoms with E-state index < -0.39 is 0 Å². The van der Waals surface area contributed by atoms with E-state index in [0.717, 1.165) is 0 Å². The molecule has 0 saturated carbocycles. The van der Waals surface area contributed by atoms with E-state index in [0.29, 0.717) is 6.54 Å². The second-order valence-corrected chi connectivity index (χ2v) is 0.471. The summed E-state index contributed by atoms with van der Waals surface area (Å²) in [5.74, 6) is 0. The van der Waals surface area contributed by atoms with Crippen molar-refractivity contribution in [2.75, 3.05) is 6.54 Å². The zero-order valence-electron chi connectivity index (χ0n) is 3.02. The maximum absolute atomic E-state index is 4.85. The van der Waals surface area contributed by atoms with Gasteiger partial charge in [-0.2, -0.15) is 0 Å². The first-order valence-electron chi connectivity index (χ1n) is 1.15. The summed E-state index contributed by atoms with van der Waals surface area (Å²) < 4.78 is 0. The molecule has 0 spiro atoms. The van der Waals surface area contributed by atoms with Crippen LogP contribution >= 0.6 is 0 Å². The van der Waals surface area contributed by atoms with Crippen molar-refractivity contribution in [2.24, 2.45) is 5.73 Å². The topological polar surface area (TPSA) is 26.0 Å². The molecule has 0 atom stereocenters. The van der Waals surface area contributed by atoms with Crippen molar-refractivity contribution in [1.29, 1.82) is 0 Å². The largest absolute Gasteiger partial charge is 0.517 e. The Hall–Kier alpha value is 0.804. The van der Waals surface area contributed by atoms with E-state index in [2.05, 4.69) is 0 Å². The molecular weight excluding hydrogens is 139 g/mol. The summed E-state index contributed by atoms with van der Waals surface area (Å²) in [6.07, 6.45) is 1.40. The fourth-order valence-electron chi connectivity index (χ4n) is 0. The minimum Gasteiger partial charge on any atom is -0.517 e. The Morgan fingerprint density at radius 2 is 2.00 bits per heavy atom. The molecule has 0 saturated heterocycles. The van der Waals surface area contributed by atoms with Gasteiger partial charge in [-0.25, -0.2) is 0 Å². The van der Waals surface area contributed by atoms with Gasteiger partial charge < -0.3 is 12.3 Å². The van der Waals surface area contributed by atoms with E-state index in [1.165, 1.54) is 6.08 Å². The molecule has 0 unspecified atom stereocenters. The van der Waals surface area contributed by atoms with Crippen LogP contribution in [0.5, 0.6) is 0 Å². The molecule has 0 amide bonds. The molecule has 0 bridgehead atoms. The molecular formula is C3H6NY-. The summed E-state index contributed by atoms with van der Waals surface area (Å²) in [5, 5.41) is 0. The van der Waals surface area contributed by atoms with Crippen molar-refractivity contribution in [3.05, 3.63) is 12.7 Å². The van der Waals surface area contributed by atoms with E-state index in [4.69, 9.17) is 12.3 Å². The molecule has 1 nitrogen and oxygen atoms in total. The van der Waals surface area contributed by atoms with Crippen molar-refractivity contribution in [2.45, 2.75) is 0 Å². The number of rotatable bonds is 1. The van der Waals surface area contributed by atoms with Crippen LogP contribution in [0.4, 0.5) is 0 Å². The summed E-state index contributed by atoms with van der Waals surface area (Å²) in [6.45, 7) is 5.25. The quantitative estimate of drug-likeness (QED) is 0.513. The zero-order valence-corrected chi connectivity index (χ0v) is 5.85.